The molecular formula is C15H18FNO3S. The number of likely N-dealkylation sites (tertiary alicyclic amines) is 1. The molecule has 21 heavy (non-hydrogen) atoms. The van der Waals surface area contributed by atoms with Crippen molar-refractivity contribution in [2.45, 2.75) is 25.3 Å². The molecule has 2 unspecified atom stereocenters. The van der Waals surface area contributed by atoms with E-state index in [1.807, 2.05) is 6.07 Å². The van der Waals surface area contributed by atoms with Gasteiger partial charge < -0.3 is 4.90 Å². The number of halogens is 1. The van der Waals surface area contributed by atoms with Crippen molar-refractivity contribution >= 4 is 15.7 Å². The Morgan fingerprint density at radius 1 is 1.29 bits per heavy atom. The second kappa shape index (κ2) is 5.40. The molecule has 1 amide bonds. The second-order valence-electron chi connectivity index (χ2n) is 5.84. The highest BCUT2D eigenvalue weighted by atomic mass is 32.2. The van der Waals surface area contributed by atoms with Crippen LogP contribution in [0, 0.1) is 11.7 Å². The zero-order chi connectivity index (χ0) is 15.0. The molecule has 0 spiro atoms. The molecule has 1 aromatic rings. The zero-order valence-electron chi connectivity index (χ0n) is 11.7. The summed E-state index contributed by atoms with van der Waals surface area (Å²) in [5, 5.41) is 0. The number of nitrogens with zero attached hydrogens (tertiary/aromatic N) is 1. The molecule has 4 nitrogen and oxygen atoms in total. The first-order chi connectivity index (χ1) is 9.96. The zero-order valence-corrected chi connectivity index (χ0v) is 12.5. The summed E-state index contributed by atoms with van der Waals surface area (Å²) in [6.45, 7) is 0.622. The number of carbonyl (C=O) groups is 1. The van der Waals surface area contributed by atoms with E-state index in [1.165, 1.54) is 12.1 Å². The standard InChI is InChI=1S/C15H18FNO3S/c16-13-4-1-3-11(9-13)14-5-2-7-17(14)15(18)12-6-8-21(19,20)10-12/h1,3-4,9,12,14H,2,5-8,10H2. The predicted octanol–water partition coefficient (Wildman–Crippen LogP) is 1.92. The monoisotopic (exact) mass is 311 g/mol. The van der Waals surface area contributed by atoms with Crippen LogP contribution in [-0.2, 0) is 14.6 Å². The van der Waals surface area contributed by atoms with Crippen LogP contribution in [0.15, 0.2) is 24.3 Å². The summed E-state index contributed by atoms with van der Waals surface area (Å²) in [5.74, 6) is -0.776. The molecule has 2 fully saturated rings. The molecule has 2 aliphatic heterocycles. The Morgan fingerprint density at radius 3 is 2.76 bits per heavy atom. The van der Waals surface area contributed by atoms with Crippen LogP contribution in [0.1, 0.15) is 30.9 Å². The van der Waals surface area contributed by atoms with Crippen molar-refractivity contribution in [2.75, 3.05) is 18.1 Å². The molecular weight excluding hydrogens is 293 g/mol. The van der Waals surface area contributed by atoms with Crippen LogP contribution in [-0.4, -0.2) is 37.3 Å². The van der Waals surface area contributed by atoms with Crippen LogP contribution in [0.25, 0.3) is 0 Å². The van der Waals surface area contributed by atoms with Gasteiger partial charge in [-0.3, -0.25) is 4.79 Å². The smallest absolute Gasteiger partial charge is 0.227 e. The van der Waals surface area contributed by atoms with Crippen molar-refractivity contribution in [3.63, 3.8) is 0 Å². The molecule has 2 atom stereocenters. The Morgan fingerprint density at radius 2 is 2.10 bits per heavy atom. The lowest BCUT2D eigenvalue weighted by atomic mass is 10.0. The molecule has 3 rings (SSSR count). The fraction of sp³-hybridized carbons (Fsp3) is 0.533. The topological polar surface area (TPSA) is 54.5 Å². The van der Waals surface area contributed by atoms with Crippen molar-refractivity contribution in [2.24, 2.45) is 5.92 Å². The third-order valence-corrected chi connectivity index (χ3v) is 6.12. The van der Waals surface area contributed by atoms with Crippen molar-refractivity contribution in [3.05, 3.63) is 35.6 Å². The Kier molecular flexibility index (Phi) is 3.73. The average molecular weight is 311 g/mol. The number of rotatable bonds is 2. The van der Waals surface area contributed by atoms with Gasteiger partial charge in [0.1, 0.15) is 5.82 Å². The predicted molar refractivity (Wildman–Crippen MR) is 76.8 cm³/mol. The summed E-state index contributed by atoms with van der Waals surface area (Å²) < 4.78 is 36.4. The number of carbonyl (C=O) groups excluding carboxylic acids is 1. The number of benzene rings is 1. The molecule has 0 bridgehead atoms. The van der Waals surface area contributed by atoms with Gasteiger partial charge in [0, 0.05) is 6.54 Å². The van der Waals surface area contributed by atoms with Gasteiger partial charge in [-0.2, -0.15) is 0 Å². The Hall–Kier alpha value is -1.43. The van der Waals surface area contributed by atoms with E-state index in [0.29, 0.717) is 13.0 Å². The van der Waals surface area contributed by atoms with Gasteiger partial charge in [-0.15, -0.1) is 0 Å². The lowest BCUT2D eigenvalue weighted by molar-refractivity contribution is -0.135. The minimum atomic E-state index is -3.07. The second-order valence-corrected chi connectivity index (χ2v) is 8.07. The van der Waals surface area contributed by atoms with Crippen LogP contribution < -0.4 is 0 Å². The van der Waals surface area contributed by atoms with Gasteiger partial charge in [-0.1, -0.05) is 12.1 Å². The normalized spacial score (nSPS) is 28.0. The van der Waals surface area contributed by atoms with Gasteiger partial charge in [0.2, 0.25) is 5.91 Å². The van der Waals surface area contributed by atoms with Crippen molar-refractivity contribution in [1.82, 2.24) is 4.90 Å². The summed E-state index contributed by atoms with van der Waals surface area (Å²) in [5.41, 5.74) is 0.793. The van der Waals surface area contributed by atoms with Gasteiger partial charge >= 0.3 is 0 Å². The molecule has 6 heteroatoms. The molecule has 2 heterocycles. The highest BCUT2D eigenvalue weighted by Gasteiger charge is 2.39. The summed E-state index contributed by atoms with van der Waals surface area (Å²) in [7, 11) is -3.07. The van der Waals surface area contributed by atoms with E-state index in [0.717, 1.165) is 18.4 Å². The number of sulfone groups is 1. The van der Waals surface area contributed by atoms with Crippen LogP contribution in [0.2, 0.25) is 0 Å². The van der Waals surface area contributed by atoms with Crippen LogP contribution in [0.3, 0.4) is 0 Å². The third-order valence-electron chi connectivity index (χ3n) is 4.35. The van der Waals surface area contributed by atoms with Crippen molar-refractivity contribution in [3.8, 4) is 0 Å². The SMILES string of the molecule is O=C(C1CCS(=O)(=O)C1)N1CCCC1c1cccc(F)c1. The summed E-state index contributed by atoms with van der Waals surface area (Å²) in [4.78, 5) is 14.3. The number of amides is 1. The molecule has 0 aromatic heterocycles. The van der Waals surface area contributed by atoms with E-state index in [1.54, 1.807) is 11.0 Å². The average Bonchev–Trinajstić information content (AvgIpc) is 3.04. The first-order valence-electron chi connectivity index (χ1n) is 7.23. The van der Waals surface area contributed by atoms with Gasteiger partial charge in [0.25, 0.3) is 0 Å². The summed E-state index contributed by atoms with van der Waals surface area (Å²) in [6, 6.07) is 6.18. The molecule has 2 aliphatic rings. The summed E-state index contributed by atoms with van der Waals surface area (Å²) >= 11 is 0. The molecule has 2 saturated heterocycles. The fourth-order valence-electron chi connectivity index (χ4n) is 3.32. The van der Waals surface area contributed by atoms with E-state index in [-0.39, 0.29) is 29.3 Å². The van der Waals surface area contributed by atoms with E-state index < -0.39 is 15.8 Å². The molecule has 114 valence electrons. The highest BCUT2D eigenvalue weighted by Crippen LogP contribution is 2.34. The number of hydrogen-bond acceptors (Lipinski definition) is 3. The quantitative estimate of drug-likeness (QED) is 0.838. The highest BCUT2D eigenvalue weighted by molar-refractivity contribution is 7.91. The molecule has 0 radical (unpaired) electrons. The molecule has 0 N–H and O–H groups in total. The molecule has 0 aliphatic carbocycles. The van der Waals surface area contributed by atoms with Crippen LogP contribution >= 0.6 is 0 Å². The Labute approximate surface area is 123 Å². The molecule has 0 saturated carbocycles. The van der Waals surface area contributed by atoms with E-state index in [4.69, 9.17) is 0 Å². The van der Waals surface area contributed by atoms with Gasteiger partial charge in [-0.05, 0) is 37.0 Å². The molecule has 1 aromatic carbocycles. The van der Waals surface area contributed by atoms with E-state index in [2.05, 4.69) is 0 Å². The maximum absolute atomic E-state index is 13.4. The largest absolute Gasteiger partial charge is 0.335 e. The third kappa shape index (κ3) is 2.95. The van der Waals surface area contributed by atoms with Crippen LogP contribution in [0.5, 0.6) is 0 Å². The van der Waals surface area contributed by atoms with Crippen LogP contribution in [0.4, 0.5) is 4.39 Å². The number of hydrogen-bond donors (Lipinski definition) is 0. The lowest BCUT2D eigenvalue weighted by Crippen LogP contribution is -2.36. The maximum Gasteiger partial charge on any atom is 0.227 e. The van der Waals surface area contributed by atoms with E-state index in [9.17, 15) is 17.6 Å². The van der Waals surface area contributed by atoms with Gasteiger partial charge in [-0.25, -0.2) is 12.8 Å². The Bertz CT molecular complexity index is 659. The minimum Gasteiger partial charge on any atom is -0.335 e. The van der Waals surface area contributed by atoms with Gasteiger partial charge in [0.15, 0.2) is 9.84 Å². The first kappa shape index (κ1) is 14.5. The van der Waals surface area contributed by atoms with Crippen molar-refractivity contribution in [1.29, 1.82) is 0 Å². The minimum absolute atomic E-state index is 0.0434. The Balaban J connectivity index is 1.80. The van der Waals surface area contributed by atoms with E-state index >= 15 is 0 Å². The maximum atomic E-state index is 13.4. The fourth-order valence-corrected chi connectivity index (χ4v) is 5.05. The lowest BCUT2D eigenvalue weighted by Gasteiger charge is -2.27. The first-order valence-corrected chi connectivity index (χ1v) is 9.05. The summed E-state index contributed by atoms with van der Waals surface area (Å²) in [6.07, 6.45) is 2.08. The van der Waals surface area contributed by atoms with Gasteiger partial charge in [0.05, 0.1) is 23.5 Å². The van der Waals surface area contributed by atoms with Crippen molar-refractivity contribution < 1.29 is 17.6 Å².